The van der Waals surface area contributed by atoms with E-state index in [0.29, 0.717) is 10.0 Å². The molecular weight excluding hydrogens is 247 g/mol. The maximum absolute atomic E-state index is 5.58. The van der Waals surface area contributed by atoms with Crippen molar-refractivity contribution in [1.29, 1.82) is 0 Å². The van der Waals surface area contributed by atoms with Gasteiger partial charge in [0.25, 0.3) is 0 Å². The molecule has 2 aromatic carbocycles. The van der Waals surface area contributed by atoms with Gasteiger partial charge in [0.1, 0.15) is 0 Å². The summed E-state index contributed by atoms with van der Waals surface area (Å²) in [5.74, 6) is 0. The van der Waals surface area contributed by atoms with Crippen molar-refractivity contribution in [3.63, 3.8) is 0 Å². The van der Waals surface area contributed by atoms with Gasteiger partial charge in [0.15, 0.2) is 0 Å². The number of benzene rings is 2. The number of halogens is 2. The standard InChI is InChI=1S/C6H4Cl2.C6H6S/c7-5-3-1-2-4-6(5)8;7-6-4-2-1-3-5-6/h1-4H;1-5,7H. The van der Waals surface area contributed by atoms with Crippen molar-refractivity contribution in [2.24, 2.45) is 0 Å². The fourth-order valence-corrected chi connectivity index (χ4v) is 1.31. The van der Waals surface area contributed by atoms with Crippen molar-refractivity contribution in [2.75, 3.05) is 0 Å². The molecule has 0 amide bonds. The van der Waals surface area contributed by atoms with Crippen LogP contribution in [-0.4, -0.2) is 0 Å². The summed E-state index contributed by atoms with van der Waals surface area (Å²) in [7, 11) is 0. The quantitative estimate of drug-likeness (QED) is 0.633. The van der Waals surface area contributed by atoms with E-state index in [2.05, 4.69) is 12.6 Å². The van der Waals surface area contributed by atoms with Crippen molar-refractivity contribution in [2.45, 2.75) is 4.90 Å². The lowest BCUT2D eigenvalue weighted by molar-refractivity contribution is 1.48. The summed E-state index contributed by atoms with van der Waals surface area (Å²) in [5.41, 5.74) is 0. The molecule has 0 N–H and O–H groups in total. The Labute approximate surface area is 105 Å². The molecule has 78 valence electrons. The van der Waals surface area contributed by atoms with E-state index in [1.165, 1.54) is 0 Å². The third kappa shape index (κ3) is 5.12. The molecule has 0 atom stereocenters. The van der Waals surface area contributed by atoms with Gasteiger partial charge in [0, 0.05) is 4.90 Å². The molecule has 0 radical (unpaired) electrons. The van der Waals surface area contributed by atoms with Crippen LogP contribution in [0.5, 0.6) is 0 Å². The normalized spacial score (nSPS) is 9.00. The molecule has 0 saturated heterocycles. The lowest BCUT2D eigenvalue weighted by Crippen LogP contribution is -1.62. The van der Waals surface area contributed by atoms with E-state index < -0.39 is 0 Å². The summed E-state index contributed by atoms with van der Waals surface area (Å²) in [6, 6.07) is 17.0. The van der Waals surface area contributed by atoms with Crippen LogP contribution in [0.4, 0.5) is 0 Å². The lowest BCUT2D eigenvalue weighted by atomic mass is 10.4. The van der Waals surface area contributed by atoms with Gasteiger partial charge in [-0.05, 0) is 24.3 Å². The molecule has 0 fully saturated rings. The van der Waals surface area contributed by atoms with Crippen LogP contribution in [0.15, 0.2) is 59.5 Å². The molecule has 3 heteroatoms. The molecule has 2 aromatic rings. The van der Waals surface area contributed by atoms with Crippen LogP contribution in [0.1, 0.15) is 0 Å². The maximum Gasteiger partial charge on any atom is 0.0592 e. The summed E-state index contributed by atoms with van der Waals surface area (Å²) >= 11 is 15.2. The second-order valence-corrected chi connectivity index (χ2v) is 4.08. The largest absolute Gasteiger partial charge is 0.143 e. The molecule has 15 heavy (non-hydrogen) atoms. The smallest absolute Gasteiger partial charge is 0.0592 e. The molecule has 0 aliphatic rings. The molecule has 0 aromatic heterocycles. The Morgan fingerprint density at radius 1 is 0.667 bits per heavy atom. The van der Waals surface area contributed by atoms with Gasteiger partial charge in [-0.3, -0.25) is 0 Å². The first-order valence-corrected chi connectivity index (χ1v) is 5.54. The van der Waals surface area contributed by atoms with Gasteiger partial charge in [-0.1, -0.05) is 53.5 Å². The third-order valence-corrected chi connectivity index (χ3v) is 2.63. The highest BCUT2D eigenvalue weighted by Gasteiger charge is 1.89. The fourth-order valence-electron chi connectivity index (χ4n) is 0.867. The molecule has 0 saturated carbocycles. The van der Waals surface area contributed by atoms with Crippen LogP contribution in [0, 0.1) is 0 Å². The van der Waals surface area contributed by atoms with Crippen molar-refractivity contribution in [1.82, 2.24) is 0 Å². The summed E-state index contributed by atoms with van der Waals surface area (Å²) in [6.07, 6.45) is 0. The number of hydrogen-bond acceptors (Lipinski definition) is 1. The predicted molar refractivity (Wildman–Crippen MR) is 70.2 cm³/mol. The molecule has 0 heterocycles. The molecular formula is C12H10Cl2S. The zero-order valence-corrected chi connectivity index (χ0v) is 10.3. The Bertz CT molecular complexity index is 380. The highest BCUT2D eigenvalue weighted by Crippen LogP contribution is 2.19. The SMILES string of the molecule is Clc1ccccc1Cl.Sc1ccccc1. The molecule has 0 aliphatic carbocycles. The van der Waals surface area contributed by atoms with Gasteiger partial charge in [-0.25, -0.2) is 0 Å². The van der Waals surface area contributed by atoms with Crippen LogP contribution < -0.4 is 0 Å². The molecule has 0 spiro atoms. The Morgan fingerprint density at radius 3 is 1.33 bits per heavy atom. The van der Waals surface area contributed by atoms with Gasteiger partial charge >= 0.3 is 0 Å². The van der Waals surface area contributed by atoms with Crippen molar-refractivity contribution < 1.29 is 0 Å². The van der Waals surface area contributed by atoms with E-state index >= 15 is 0 Å². The van der Waals surface area contributed by atoms with E-state index in [1.54, 1.807) is 12.1 Å². The fraction of sp³-hybridized carbons (Fsp3) is 0. The number of rotatable bonds is 0. The van der Waals surface area contributed by atoms with Crippen molar-refractivity contribution in [3.05, 3.63) is 64.6 Å². The van der Waals surface area contributed by atoms with E-state index in [-0.39, 0.29) is 0 Å². The Hall–Kier alpha value is -0.630. The zero-order valence-electron chi connectivity index (χ0n) is 7.90. The minimum Gasteiger partial charge on any atom is -0.143 e. The number of hydrogen-bond donors (Lipinski definition) is 1. The third-order valence-electron chi connectivity index (χ3n) is 1.58. The van der Waals surface area contributed by atoms with Crippen LogP contribution in [-0.2, 0) is 0 Å². The average Bonchev–Trinajstić information content (AvgIpc) is 2.25. The first-order valence-electron chi connectivity index (χ1n) is 4.34. The summed E-state index contributed by atoms with van der Waals surface area (Å²) in [5, 5.41) is 1.21. The molecule has 0 unspecified atom stereocenters. The highest BCUT2D eigenvalue weighted by molar-refractivity contribution is 7.80. The maximum atomic E-state index is 5.58. The zero-order chi connectivity index (χ0) is 11.1. The number of thiol groups is 1. The van der Waals surface area contributed by atoms with Gasteiger partial charge in [0.2, 0.25) is 0 Å². The van der Waals surface area contributed by atoms with Gasteiger partial charge in [-0.2, -0.15) is 0 Å². The molecule has 0 nitrogen and oxygen atoms in total. The van der Waals surface area contributed by atoms with Crippen LogP contribution in [0.2, 0.25) is 10.0 Å². The Morgan fingerprint density at radius 2 is 1.07 bits per heavy atom. The second kappa shape index (κ2) is 6.78. The topological polar surface area (TPSA) is 0 Å². The van der Waals surface area contributed by atoms with Gasteiger partial charge in [-0.15, -0.1) is 12.6 Å². The first-order chi connectivity index (χ1) is 7.20. The van der Waals surface area contributed by atoms with Gasteiger partial charge in [0.05, 0.1) is 10.0 Å². The Kier molecular flexibility index (Phi) is 5.62. The minimum absolute atomic E-state index is 0.606. The first kappa shape index (κ1) is 12.4. The van der Waals surface area contributed by atoms with Crippen molar-refractivity contribution in [3.8, 4) is 0 Å². The van der Waals surface area contributed by atoms with E-state index in [0.717, 1.165) is 4.90 Å². The summed E-state index contributed by atoms with van der Waals surface area (Å²) in [6.45, 7) is 0. The monoisotopic (exact) mass is 256 g/mol. The molecule has 2 rings (SSSR count). The van der Waals surface area contributed by atoms with Crippen LogP contribution in [0.25, 0.3) is 0 Å². The summed E-state index contributed by atoms with van der Waals surface area (Å²) in [4.78, 5) is 1.02. The van der Waals surface area contributed by atoms with Crippen LogP contribution in [0.3, 0.4) is 0 Å². The van der Waals surface area contributed by atoms with E-state index in [4.69, 9.17) is 23.2 Å². The summed E-state index contributed by atoms with van der Waals surface area (Å²) < 4.78 is 0. The van der Waals surface area contributed by atoms with E-state index in [9.17, 15) is 0 Å². The van der Waals surface area contributed by atoms with Crippen molar-refractivity contribution >= 4 is 35.8 Å². The Balaban J connectivity index is 0.000000151. The highest BCUT2D eigenvalue weighted by atomic mass is 35.5. The molecule has 0 aliphatic heterocycles. The molecule has 0 bridgehead atoms. The second-order valence-electron chi connectivity index (χ2n) is 2.75. The average molecular weight is 257 g/mol. The van der Waals surface area contributed by atoms with E-state index in [1.807, 2.05) is 42.5 Å². The lowest BCUT2D eigenvalue weighted by Gasteiger charge is -1.88. The minimum atomic E-state index is 0.606. The van der Waals surface area contributed by atoms with Gasteiger partial charge < -0.3 is 0 Å². The van der Waals surface area contributed by atoms with Crippen LogP contribution >= 0.6 is 35.8 Å². The predicted octanol–water partition coefficient (Wildman–Crippen LogP) is 4.97.